The number of hydrogen-bond acceptors (Lipinski definition) is 3. The Morgan fingerprint density at radius 2 is 2.15 bits per heavy atom. The topological polar surface area (TPSA) is 55.1 Å². The van der Waals surface area contributed by atoms with E-state index in [4.69, 9.17) is 5.73 Å². The van der Waals surface area contributed by atoms with Crippen molar-refractivity contribution in [1.29, 1.82) is 0 Å². The lowest BCUT2D eigenvalue weighted by molar-refractivity contribution is -0.118. The molecule has 0 fully saturated rings. The van der Waals surface area contributed by atoms with E-state index in [1.165, 1.54) is 6.42 Å². The third kappa shape index (κ3) is 8.12. The fourth-order valence-electron chi connectivity index (χ4n) is 1.27. The summed E-state index contributed by atoms with van der Waals surface area (Å²) in [6.45, 7) is 0. The first-order valence-corrected chi connectivity index (χ1v) is 5.40. The molecule has 3 N–H and O–H groups in total. The molecule has 0 rings (SSSR count). The van der Waals surface area contributed by atoms with E-state index < -0.39 is 0 Å². The van der Waals surface area contributed by atoms with Gasteiger partial charge < -0.3 is 11.1 Å². The number of rotatable bonds is 8. The van der Waals surface area contributed by atoms with Gasteiger partial charge in [0.1, 0.15) is 0 Å². The van der Waals surface area contributed by atoms with E-state index in [0.29, 0.717) is 6.42 Å². The van der Waals surface area contributed by atoms with Crippen molar-refractivity contribution in [2.45, 2.75) is 38.1 Å². The van der Waals surface area contributed by atoms with Crippen LogP contribution >= 0.6 is 12.6 Å². The molecule has 0 aliphatic heterocycles. The summed E-state index contributed by atoms with van der Waals surface area (Å²) in [5, 5.41) is 3.09. The Morgan fingerprint density at radius 1 is 1.46 bits per heavy atom. The SMILES string of the molecule is CNC(CCCCCS)CC(N)=O. The van der Waals surface area contributed by atoms with Crippen LogP contribution in [0.3, 0.4) is 0 Å². The molecule has 0 aromatic rings. The van der Waals surface area contributed by atoms with E-state index in [0.717, 1.165) is 25.0 Å². The average molecular weight is 204 g/mol. The maximum atomic E-state index is 10.6. The molecule has 1 amide bonds. The molecule has 13 heavy (non-hydrogen) atoms. The van der Waals surface area contributed by atoms with Crippen LogP contribution in [0.15, 0.2) is 0 Å². The van der Waals surface area contributed by atoms with E-state index in [1.807, 2.05) is 7.05 Å². The zero-order valence-corrected chi connectivity index (χ0v) is 9.15. The van der Waals surface area contributed by atoms with Crippen molar-refractivity contribution in [1.82, 2.24) is 5.32 Å². The Hall–Kier alpha value is -0.220. The van der Waals surface area contributed by atoms with Crippen LogP contribution in [0.4, 0.5) is 0 Å². The van der Waals surface area contributed by atoms with Gasteiger partial charge in [-0.2, -0.15) is 12.6 Å². The van der Waals surface area contributed by atoms with Crippen LogP contribution in [-0.2, 0) is 4.79 Å². The molecular formula is C9H20N2OS. The molecule has 3 nitrogen and oxygen atoms in total. The lowest BCUT2D eigenvalue weighted by Crippen LogP contribution is -2.30. The van der Waals surface area contributed by atoms with Crippen molar-refractivity contribution in [3.05, 3.63) is 0 Å². The summed E-state index contributed by atoms with van der Waals surface area (Å²) >= 11 is 4.13. The molecule has 1 atom stereocenters. The van der Waals surface area contributed by atoms with Crippen molar-refractivity contribution in [3.63, 3.8) is 0 Å². The van der Waals surface area contributed by atoms with Crippen LogP contribution in [0, 0.1) is 0 Å². The Bertz CT molecular complexity index is 142. The number of carbonyl (C=O) groups is 1. The molecule has 0 saturated heterocycles. The Balaban J connectivity index is 3.42. The van der Waals surface area contributed by atoms with Gasteiger partial charge in [0.25, 0.3) is 0 Å². The first kappa shape index (κ1) is 12.8. The van der Waals surface area contributed by atoms with Gasteiger partial charge in [0.2, 0.25) is 5.91 Å². The number of nitrogens with one attached hydrogen (secondary N) is 1. The van der Waals surface area contributed by atoms with Crippen molar-refractivity contribution >= 4 is 18.5 Å². The van der Waals surface area contributed by atoms with E-state index in [-0.39, 0.29) is 11.9 Å². The number of amides is 1. The van der Waals surface area contributed by atoms with Gasteiger partial charge in [-0.3, -0.25) is 4.79 Å². The molecule has 0 spiro atoms. The maximum absolute atomic E-state index is 10.6. The Labute approximate surface area is 85.9 Å². The van der Waals surface area contributed by atoms with Crippen LogP contribution in [0.1, 0.15) is 32.1 Å². The monoisotopic (exact) mass is 204 g/mol. The third-order valence-corrected chi connectivity index (χ3v) is 2.38. The highest BCUT2D eigenvalue weighted by atomic mass is 32.1. The van der Waals surface area contributed by atoms with Crippen molar-refractivity contribution < 1.29 is 4.79 Å². The first-order chi connectivity index (χ1) is 6.20. The van der Waals surface area contributed by atoms with Crippen molar-refractivity contribution in [2.24, 2.45) is 5.73 Å². The zero-order chi connectivity index (χ0) is 10.1. The van der Waals surface area contributed by atoms with E-state index in [9.17, 15) is 4.79 Å². The molecule has 0 aromatic carbocycles. The molecule has 1 unspecified atom stereocenters. The number of carbonyl (C=O) groups excluding carboxylic acids is 1. The van der Waals surface area contributed by atoms with Gasteiger partial charge >= 0.3 is 0 Å². The molecule has 0 aliphatic carbocycles. The predicted octanol–water partition coefficient (Wildman–Crippen LogP) is 0.940. The normalized spacial score (nSPS) is 12.8. The van der Waals surface area contributed by atoms with Gasteiger partial charge in [-0.1, -0.05) is 12.8 Å². The van der Waals surface area contributed by atoms with Gasteiger partial charge in [-0.05, 0) is 25.6 Å². The number of primary amides is 1. The van der Waals surface area contributed by atoms with Crippen LogP contribution in [-0.4, -0.2) is 24.7 Å². The minimum absolute atomic E-state index is 0.228. The van der Waals surface area contributed by atoms with E-state index in [1.54, 1.807) is 0 Å². The fourth-order valence-corrected chi connectivity index (χ4v) is 1.49. The lowest BCUT2D eigenvalue weighted by atomic mass is 10.1. The van der Waals surface area contributed by atoms with Crippen molar-refractivity contribution in [3.8, 4) is 0 Å². The fraction of sp³-hybridized carbons (Fsp3) is 0.889. The summed E-state index contributed by atoms with van der Waals surface area (Å²) in [4.78, 5) is 10.6. The number of nitrogens with two attached hydrogens (primary N) is 1. The van der Waals surface area contributed by atoms with Gasteiger partial charge in [0, 0.05) is 12.5 Å². The summed E-state index contributed by atoms with van der Waals surface area (Å²) in [5.74, 6) is 0.716. The summed E-state index contributed by atoms with van der Waals surface area (Å²) in [6.07, 6.45) is 4.93. The number of unbranched alkanes of at least 4 members (excludes halogenated alkanes) is 2. The minimum atomic E-state index is -0.228. The molecule has 0 bridgehead atoms. The predicted molar refractivity (Wildman–Crippen MR) is 59.0 cm³/mol. The standard InChI is InChI=1S/C9H20N2OS/c1-11-8(7-9(10)12)5-3-2-4-6-13/h8,11,13H,2-7H2,1H3,(H2,10,12). The molecule has 0 aromatic heterocycles. The third-order valence-electron chi connectivity index (χ3n) is 2.07. The molecule has 4 heteroatoms. The molecule has 0 saturated carbocycles. The molecule has 0 aliphatic rings. The highest BCUT2D eigenvalue weighted by Gasteiger charge is 2.08. The van der Waals surface area contributed by atoms with Crippen LogP contribution in [0.25, 0.3) is 0 Å². The van der Waals surface area contributed by atoms with Crippen LogP contribution < -0.4 is 11.1 Å². The highest BCUT2D eigenvalue weighted by Crippen LogP contribution is 2.06. The quantitative estimate of drug-likeness (QED) is 0.407. The maximum Gasteiger partial charge on any atom is 0.218 e. The minimum Gasteiger partial charge on any atom is -0.370 e. The molecule has 0 radical (unpaired) electrons. The second-order valence-corrected chi connectivity index (χ2v) is 3.68. The first-order valence-electron chi connectivity index (χ1n) is 4.77. The van der Waals surface area contributed by atoms with Gasteiger partial charge in [0.15, 0.2) is 0 Å². The second kappa shape index (κ2) is 8.38. The molecular weight excluding hydrogens is 184 g/mol. The number of thiol groups is 1. The lowest BCUT2D eigenvalue weighted by Gasteiger charge is -2.13. The zero-order valence-electron chi connectivity index (χ0n) is 8.25. The summed E-state index contributed by atoms with van der Waals surface area (Å²) in [7, 11) is 1.87. The van der Waals surface area contributed by atoms with Gasteiger partial charge in [0.05, 0.1) is 0 Å². The number of hydrogen-bond donors (Lipinski definition) is 3. The van der Waals surface area contributed by atoms with E-state index >= 15 is 0 Å². The Kier molecular flexibility index (Phi) is 8.24. The van der Waals surface area contributed by atoms with Gasteiger partial charge in [-0.15, -0.1) is 0 Å². The van der Waals surface area contributed by atoms with Crippen LogP contribution in [0.5, 0.6) is 0 Å². The van der Waals surface area contributed by atoms with Gasteiger partial charge in [-0.25, -0.2) is 0 Å². The summed E-state index contributed by atoms with van der Waals surface area (Å²) in [6, 6.07) is 0.248. The largest absolute Gasteiger partial charge is 0.370 e. The molecule has 78 valence electrons. The second-order valence-electron chi connectivity index (χ2n) is 3.23. The summed E-state index contributed by atoms with van der Waals surface area (Å²) < 4.78 is 0. The highest BCUT2D eigenvalue weighted by molar-refractivity contribution is 7.80. The Morgan fingerprint density at radius 3 is 2.62 bits per heavy atom. The summed E-state index contributed by atoms with van der Waals surface area (Å²) in [5.41, 5.74) is 5.11. The smallest absolute Gasteiger partial charge is 0.218 e. The molecule has 0 heterocycles. The van der Waals surface area contributed by atoms with Crippen molar-refractivity contribution in [2.75, 3.05) is 12.8 Å². The average Bonchev–Trinajstić information content (AvgIpc) is 2.09. The van der Waals surface area contributed by atoms with E-state index in [2.05, 4.69) is 17.9 Å². The van der Waals surface area contributed by atoms with Crippen LogP contribution in [0.2, 0.25) is 0 Å².